The monoisotopic (exact) mass is 317 g/mol. The Morgan fingerprint density at radius 3 is 2.61 bits per heavy atom. The molecule has 1 aliphatic rings. The molecule has 3 rings (SSSR count). The molecule has 2 N–H and O–H groups in total. The number of rotatable bonds is 2. The maximum atomic E-state index is 11.3. The molecule has 1 amide bonds. The van der Waals surface area contributed by atoms with Crippen molar-refractivity contribution in [3.63, 3.8) is 0 Å². The Morgan fingerprint density at radius 2 is 2.09 bits per heavy atom. The van der Waals surface area contributed by atoms with Gasteiger partial charge in [0.15, 0.2) is 5.82 Å². The third-order valence-electron chi connectivity index (χ3n) is 4.62. The maximum Gasteiger partial charge on any atom is 0.408 e. The Kier molecular flexibility index (Phi) is 3.46. The van der Waals surface area contributed by atoms with Crippen LogP contribution in [-0.4, -0.2) is 35.8 Å². The summed E-state index contributed by atoms with van der Waals surface area (Å²) in [6.45, 7) is 11.3. The number of imidazole rings is 1. The van der Waals surface area contributed by atoms with E-state index >= 15 is 0 Å². The molecule has 7 heteroatoms. The van der Waals surface area contributed by atoms with Gasteiger partial charge in [0.2, 0.25) is 0 Å². The first-order valence-corrected chi connectivity index (χ1v) is 7.78. The van der Waals surface area contributed by atoms with E-state index in [1.165, 1.54) is 4.90 Å². The van der Waals surface area contributed by atoms with Gasteiger partial charge in [0.25, 0.3) is 0 Å². The molecule has 0 fully saturated rings. The van der Waals surface area contributed by atoms with E-state index in [0.29, 0.717) is 13.1 Å². The van der Waals surface area contributed by atoms with Crippen LogP contribution in [0.5, 0.6) is 0 Å². The van der Waals surface area contributed by atoms with Crippen LogP contribution in [0.1, 0.15) is 50.8 Å². The number of amides is 1. The number of nitrogens with zero attached hydrogens (tertiary/aromatic N) is 4. The van der Waals surface area contributed by atoms with Crippen molar-refractivity contribution < 1.29 is 9.90 Å². The van der Waals surface area contributed by atoms with Crippen molar-refractivity contribution in [1.82, 2.24) is 24.6 Å². The van der Waals surface area contributed by atoms with Crippen molar-refractivity contribution in [3.05, 3.63) is 23.1 Å². The van der Waals surface area contributed by atoms with Crippen molar-refractivity contribution in [1.29, 1.82) is 0 Å². The fourth-order valence-electron chi connectivity index (χ4n) is 2.88. The molecule has 1 aliphatic heterocycles. The highest BCUT2D eigenvalue weighted by atomic mass is 16.4. The summed E-state index contributed by atoms with van der Waals surface area (Å²) in [6, 6.07) is 2.14. The number of aromatic nitrogens is 4. The summed E-state index contributed by atoms with van der Waals surface area (Å²) in [5.41, 5.74) is 3.61. The first kappa shape index (κ1) is 15.6. The molecule has 0 radical (unpaired) electrons. The van der Waals surface area contributed by atoms with Crippen LogP contribution >= 0.6 is 0 Å². The average Bonchev–Trinajstić information content (AvgIpc) is 3.09. The third-order valence-corrected chi connectivity index (χ3v) is 4.62. The van der Waals surface area contributed by atoms with E-state index in [1.54, 1.807) is 0 Å². The molecule has 0 saturated carbocycles. The number of carbonyl (C=O) groups is 1. The predicted octanol–water partition coefficient (Wildman–Crippen LogP) is 3.18. The van der Waals surface area contributed by atoms with E-state index in [4.69, 9.17) is 4.98 Å². The van der Waals surface area contributed by atoms with Gasteiger partial charge in [-0.15, -0.1) is 0 Å². The van der Waals surface area contributed by atoms with E-state index in [-0.39, 0.29) is 11.5 Å². The molecule has 3 heterocycles. The molecule has 0 aliphatic carbocycles. The Morgan fingerprint density at radius 1 is 1.39 bits per heavy atom. The highest BCUT2D eigenvalue weighted by molar-refractivity contribution is 5.66. The number of carboxylic acid groups (broad SMARTS) is 1. The fraction of sp³-hybridized carbons (Fsp3) is 0.562. The molecule has 7 nitrogen and oxygen atoms in total. The van der Waals surface area contributed by atoms with E-state index < -0.39 is 6.09 Å². The van der Waals surface area contributed by atoms with E-state index in [0.717, 1.165) is 28.6 Å². The molecule has 0 spiro atoms. The average molecular weight is 317 g/mol. The first-order chi connectivity index (χ1) is 10.7. The van der Waals surface area contributed by atoms with Crippen LogP contribution in [0.15, 0.2) is 6.07 Å². The highest BCUT2D eigenvalue weighted by Gasteiger charge is 2.35. The Hall–Kier alpha value is -2.31. The van der Waals surface area contributed by atoms with Crippen LogP contribution in [0.4, 0.5) is 4.79 Å². The number of aryl methyl sites for hydroxylation is 1. The Bertz CT molecular complexity index is 753. The molecule has 0 bridgehead atoms. The SMILES string of the molecule is Cc1cc(-c2nc3c(n2C(C)C(C)(C)C)CN(C(=O)O)C3)n[nH]1. The smallest absolute Gasteiger partial charge is 0.408 e. The molecule has 1 atom stereocenters. The van der Waals surface area contributed by atoms with Gasteiger partial charge in [-0.3, -0.25) is 10.00 Å². The zero-order chi connectivity index (χ0) is 16.9. The zero-order valence-corrected chi connectivity index (χ0v) is 14.2. The number of H-pyrrole nitrogens is 1. The fourth-order valence-corrected chi connectivity index (χ4v) is 2.88. The third kappa shape index (κ3) is 2.60. The van der Waals surface area contributed by atoms with Crippen molar-refractivity contribution in [2.24, 2.45) is 5.41 Å². The second-order valence-corrected chi connectivity index (χ2v) is 7.32. The second-order valence-electron chi connectivity index (χ2n) is 7.32. The van der Waals surface area contributed by atoms with Crippen molar-refractivity contribution >= 4 is 6.09 Å². The first-order valence-electron chi connectivity index (χ1n) is 7.78. The van der Waals surface area contributed by atoms with Gasteiger partial charge in [-0.2, -0.15) is 5.10 Å². The largest absolute Gasteiger partial charge is 0.465 e. The highest BCUT2D eigenvalue weighted by Crippen LogP contribution is 2.38. The number of hydrogen-bond donors (Lipinski definition) is 2. The standard InChI is InChI=1S/C16H23N5O2/c1-9-6-11(19-18-9)14-17-12-7-20(15(22)23)8-13(12)21(14)10(2)16(3,4)5/h6,10H,7-8H2,1-5H3,(H,18,19)(H,22,23). The number of nitrogens with one attached hydrogen (secondary N) is 1. The van der Waals surface area contributed by atoms with Gasteiger partial charge in [-0.25, -0.2) is 9.78 Å². The normalized spacial score (nSPS) is 15.8. The van der Waals surface area contributed by atoms with Gasteiger partial charge in [0.1, 0.15) is 5.69 Å². The summed E-state index contributed by atoms with van der Waals surface area (Å²) in [5, 5.41) is 16.6. The number of hydrogen-bond acceptors (Lipinski definition) is 3. The molecular weight excluding hydrogens is 294 g/mol. The summed E-state index contributed by atoms with van der Waals surface area (Å²) in [7, 11) is 0. The van der Waals surface area contributed by atoms with Gasteiger partial charge < -0.3 is 9.67 Å². The zero-order valence-electron chi connectivity index (χ0n) is 14.2. The van der Waals surface area contributed by atoms with Crippen LogP contribution < -0.4 is 0 Å². The maximum absolute atomic E-state index is 11.3. The van der Waals surface area contributed by atoms with E-state index in [1.807, 2.05) is 13.0 Å². The van der Waals surface area contributed by atoms with Gasteiger partial charge >= 0.3 is 6.09 Å². The van der Waals surface area contributed by atoms with Crippen molar-refractivity contribution in [2.45, 2.75) is 53.8 Å². The lowest BCUT2D eigenvalue weighted by atomic mass is 9.87. The minimum atomic E-state index is -0.907. The molecule has 124 valence electrons. The molecule has 23 heavy (non-hydrogen) atoms. The molecule has 2 aromatic rings. The Balaban J connectivity index is 2.12. The van der Waals surface area contributed by atoms with Crippen molar-refractivity contribution in [2.75, 3.05) is 0 Å². The van der Waals surface area contributed by atoms with Crippen LogP contribution in [0.25, 0.3) is 11.5 Å². The lowest BCUT2D eigenvalue weighted by molar-refractivity contribution is 0.143. The molecule has 0 saturated heterocycles. The molecule has 2 aromatic heterocycles. The number of aromatic amines is 1. The molecular formula is C16H23N5O2. The summed E-state index contributed by atoms with van der Waals surface area (Å²) in [5.74, 6) is 0.812. The lowest BCUT2D eigenvalue weighted by Gasteiger charge is -2.31. The van der Waals surface area contributed by atoms with Gasteiger partial charge in [-0.1, -0.05) is 20.8 Å². The summed E-state index contributed by atoms with van der Waals surface area (Å²) in [6.07, 6.45) is -0.907. The van der Waals surface area contributed by atoms with Crippen molar-refractivity contribution in [3.8, 4) is 11.5 Å². The minimum Gasteiger partial charge on any atom is -0.465 e. The van der Waals surface area contributed by atoms with Gasteiger partial charge in [-0.05, 0) is 25.3 Å². The van der Waals surface area contributed by atoms with Crippen LogP contribution in [0, 0.1) is 12.3 Å². The molecule has 1 unspecified atom stereocenters. The Labute approximate surface area is 135 Å². The van der Waals surface area contributed by atoms with E-state index in [2.05, 4.69) is 42.5 Å². The molecule has 0 aromatic carbocycles. The summed E-state index contributed by atoms with van der Waals surface area (Å²) < 4.78 is 2.16. The van der Waals surface area contributed by atoms with Gasteiger partial charge in [0, 0.05) is 11.7 Å². The lowest BCUT2D eigenvalue weighted by Crippen LogP contribution is -2.27. The van der Waals surface area contributed by atoms with Crippen LogP contribution in [-0.2, 0) is 13.1 Å². The van der Waals surface area contributed by atoms with E-state index in [9.17, 15) is 9.90 Å². The predicted molar refractivity (Wildman–Crippen MR) is 86.0 cm³/mol. The van der Waals surface area contributed by atoms with Crippen LogP contribution in [0.2, 0.25) is 0 Å². The second kappa shape index (κ2) is 5.11. The quantitative estimate of drug-likeness (QED) is 0.890. The van der Waals surface area contributed by atoms with Crippen LogP contribution in [0.3, 0.4) is 0 Å². The summed E-state index contributed by atoms with van der Waals surface area (Å²) >= 11 is 0. The van der Waals surface area contributed by atoms with Gasteiger partial charge in [0.05, 0.1) is 24.5 Å². The topological polar surface area (TPSA) is 87.0 Å². The summed E-state index contributed by atoms with van der Waals surface area (Å²) in [4.78, 5) is 17.4. The number of fused-ring (bicyclic) bond motifs is 1. The minimum absolute atomic E-state index is 0.0191.